The van der Waals surface area contributed by atoms with E-state index >= 15 is 0 Å². The number of unbranched alkanes of at least 4 members (excludes halogenated alkanes) is 10. The van der Waals surface area contributed by atoms with Crippen LogP contribution in [0.5, 0.6) is 0 Å². The van der Waals surface area contributed by atoms with Gasteiger partial charge >= 0.3 is 19.8 Å². The summed E-state index contributed by atoms with van der Waals surface area (Å²) in [5.41, 5.74) is 5.16. The Morgan fingerprint density at radius 2 is 1.50 bits per heavy atom. The van der Waals surface area contributed by atoms with Crippen LogP contribution in [0.4, 0.5) is 0 Å². The van der Waals surface area contributed by atoms with E-state index in [1.165, 1.54) is 45.4 Å². The van der Waals surface area contributed by atoms with E-state index in [1.807, 2.05) is 6.08 Å². The monoisotopic (exact) mass is 509 g/mol. The van der Waals surface area contributed by atoms with Gasteiger partial charge in [-0.1, -0.05) is 77.7 Å². The molecule has 9 nitrogen and oxygen atoms in total. The highest BCUT2D eigenvalue weighted by Gasteiger charge is 2.27. The summed E-state index contributed by atoms with van der Waals surface area (Å²) in [6.07, 6.45) is 15.7. The summed E-state index contributed by atoms with van der Waals surface area (Å²) >= 11 is 0. The van der Waals surface area contributed by atoms with Crippen molar-refractivity contribution in [2.24, 2.45) is 5.73 Å². The number of rotatable bonds is 21. The van der Waals surface area contributed by atoms with Crippen LogP contribution in [0.3, 0.4) is 0 Å². The van der Waals surface area contributed by atoms with E-state index in [1.54, 1.807) is 0 Å². The van der Waals surface area contributed by atoms with Crippen LogP contribution in [0.2, 0.25) is 0 Å². The third-order valence-corrected chi connectivity index (χ3v) is 5.87. The molecule has 0 amide bonds. The van der Waals surface area contributed by atoms with Gasteiger partial charge in [0.2, 0.25) is 0 Å². The predicted octanol–water partition coefficient (Wildman–Crippen LogP) is 5.75. The Kier molecular flexibility index (Phi) is 24.1. The second-order valence-corrected chi connectivity index (χ2v) is 9.72. The number of carboxylic acids is 1. The second kappa shape index (κ2) is 23.5. The van der Waals surface area contributed by atoms with Gasteiger partial charge in [0.15, 0.2) is 0 Å². The predicted molar refractivity (Wildman–Crippen MR) is 134 cm³/mol. The summed E-state index contributed by atoms with van der Waals surface area (Å²) in [7, 11) is -4.48. The fraction of sp³-hybridized carbons (Fsp3) is 0.833. The topological polar surface area (TPSA) is 145 Å². The molecule has 0 aliphatic carbocycles. The number of allylic oxidation sites excluding steroid dienone is 1. The van der Waals surface area contributed by atoms with Crippen molar-refractivity contribution in [1.29, 1.82) is 0 Å². The molecule has 0 saturated carbocycles. The quantitative estimate of drug-likeness (QED) is 0.0762. The minimum atomic E-state index is -4.48. The van der Waals surface area contributed by atoms with Gasteiger partial charge in [-0.15, -0.1) is 6.58 Å². The van der Waals surface area contributed by atoms with Gasteiger partial charge in [-0.3, -0.25) is 18.6 Å². The first-order valence-electron chi connectivity index (χ1n) is 12.5. The number of hydrogen-bond acceptors (Lipinski definition) is 7. The Morgan fingerprint density at radius 3 is 2.03 bits per heavy atom. The first kappa shape index (κ1) is 34.9. The number of carboxylic acid groups (broad SMARTS) is 1. The minimum Gasteiger partial charge on any atom is -0.480 e. The van der Waals surface area contributed by atoms with Crippen LogP contribution in [0, 0.1) is 0 Å². The molecule has 0 fully saturated rings. The van der Waals surface area contributed by atoms with Crippen molar-refractivity contribution in [1.82, 2.24) is 0 Å². The van der Waals surface area contributed by atoms with Crippen LogP contribution in [-0.2, 0) is 27.9 Å². The third-order valence-electron chi connectivity index (χ3n) is 4.77. The molecule has 0 aliphatic rings. The maximum Gasteiger partial charge on any atom is 0.472 e. The van der Waals surface area contributed by atoms with Gasteiger partial charge < -0.3 is 20.5 Å². The molecule has 0 aromatic rings. The number of esters is 1. The lowest BCUT2D eigenvalue weighted by atomic mass is 10.1. The van der Waals surface area contributed by atoms with Crippen molar-refractivity contribution in [3.63, 3.8) is 0 Å². The number of phosphoric acid groups is 1. The average Bonchev–Trinajstić information content (AvgIpc) is 2.78. The van der Waals surface area contributed by atoms with Crippen LogP contribution in [-0.4, -0.2) is 47.3 Å². The van der Waals surface area contributed by atoms with Crippen LogP contribution in [0.1, 0.15) is 104 Å². The Bertz CT molecular complexity index is 567. The number of carbonyl (C=O) groups excluding carboxylic acids is 1. The second-order valence-electron chi connectivity index (χ2n) is 8.32. The zero-order valence-corrected chi connectivity index (χ0v) is 22.3. The normalized spacial score (nSPS) is 14.3. The molecule has 1 unspecified atom stereocenters. The molecule has 10 heteroatoms. The molecule has 0 bridgehead atoms. The Balaban J connectivity index is 0. The molecule has 0 aliphatic heterocycles. The van der Waals surface area contributed by atoms with Gasteiger partial charge in [-0.05, 0) is 26.2 Å². The number of phosphoric ester groups is 1. The highest BCUT2D eigenvalue weighted by Crippen LogP contribution is 2.44. The lowest BCUT2D eigenvalue weighted by Gasteiger charge is -2.18. The largest absolute Gasteiger partial charge is 0.480 e. The molecule has 202 valence electrons. The molecular weight excluding hydrogens is 461 g/mol. The van der Waals surface area contributed by atoms with E-state index in [4.69, 9.17) is 20.1 Å². The van der Waals surface area contributed by atoms with Crippen molar-refractivity contribution in [3.8, 4) is 0 Å². The summed E-state index contributed by atoms with van der Waals surface area (Å²) in [4.78, 5) is 31.6. The van der Waals surface area contributed by atoms with Gasteiger partial charge in [-0.2, -0.15) is 0 Å². The number of hydrogen-bond donors (Lipinski definition) is 3. The summed E-state index contributed by atoms with van der Waals surface area (Å²) in [5, 5.41) is 8.57. The first-order chi connectivity index (χ1) is 16.1. The van der Waals surface area contributed by atoms with Crippen LogP contribution >= 0.6 is 7.82 Å². The Hall–Kier alpha value is -1.25. The maximum atomic E-state index is 11.6. The molecule has 0 aromatic carbocycles. The molecule has 4 N–H and O–H groups in total. The van der Waals surface area contributed by atoms with Crippen LogP contribution < -0.4 is 5.73 Å². The molecular formula is C24H48NO8P. The highest BCUT2D eigenvalue weighted by atomic mass is 31.2. The highest BCUT2D eigenvalue weighted by molar-refractivity contribution is 7.47. The Morgan fingerprint density at radius 1 is 0.971 bits per heavy atom. The lowest BCUT2D eigenvalue weighted by molar-refractivity contribution is -0.146. The minimum absolute atomic E-state index is 0.211. The standard InChI is InChI=1S/C16H30NO8P.C8H18/c1-3-4-5-6-7-8-9-10-15(18)23-11-13(2)25-26(21,22)24-12-14(17)16(19)20;1-3-5-7-8-6-4-2/h3,13-14H,1,4-12,17H2,2H3,(H,19,20)(H,21,22);3-8H2,1-2H3/t13-,14+;/m1./s1. The summed E-state index contributed by atoms with van der Waals surface area (Å²) in [5.74, 6) is -1.78. The van der Waals surface area contributed by atoms with Crippen molar-refractivity contribution in [2.45, 2.75) is 116 Å². The van der Waals surface area contributed by atoms with Gasteiger partial charge in [0.05, 0.1) is 6.61 Å². The van der Waals surface area contributed by atoms with Gasteiger partial charge in [0, 0.05) is 6.42 Å². The zero-order chi connectivity index (χ0) is 26.2. The average molecular weight is 510 g/mol. The first-order valence-corrected chi connectivity index (χ1v) is 14.0. The summed E-state index contributed by atoms with van der Waals surface area (Å²) in [6, 6.07) is -1.44. The molecule has 3 atom stereocenters. The summed E-state index contributed by atoms with van der Waals surface area (Å²) < 4.78 is 25.8. The number of ether oxygens (including phenoxy) is 1. The van der Waals surface area contributed by atoms with Gasteiger partial charge in [-0.25, -0.2) is 4.57 Å². The maximum absolute atomic E-state index is 11.6. The van der Waals surface area contributed by atoms with Crippen molar-refractivity contribution >= 4 is 19.8 Å². The molecule has 0 radical (unpaired) electrons. The molecule has 0 saturated heterocycles. The number of carbonyl (C=O) groups is 2. The zero-order valence-electron chi connectivity index (χ0n) is 21.4. The molecule has 0 spiro atoms. The SMILES string of the molecule is C=CCCCCCCCC(=O)OC[C@@H](C)OP(=O)(O)OC[C@H](N)C(=O)O.CCCCCCCC. The van der Waals surface area contributed by atoms with Gasteiger partial charge in [0.1, 0.15) is 18.8 Å². The van der Waals surface area contributed by atoms with Gasteiger partial charge in [0.25, 0.3) is 0 Å². The van der Waals surface area contributed by atoms with E-state index in [0.29, 0.717) is 0 Å². The lowest BCUT2D eigenvalue weighted by Crippen LogP contribution is -2.34. The van der Waals surface area contributed by atoms with Crippen LogP contribution in [0.15, 0.2) is 12.7 Å². The van der Waals surface area contributed by atoms with Crippen molar-refractivity contribution in [2.75, 3.05) is 13.2 Å². The van der Waals surface area contributed by atoms with Crippen molar-refractivity contribution in [3.05, 3.63) is 12.7 Å². The molecule has 0 heterocycles. The van der Waals surface area contributed by atoms with E-state index < -0.39 is 38.5 Å². The van der Waals surface area contributed by atoms with Crippen molar-refractivity contribution < 1.29 is 37.9 Å². The number of aliphatic carboxylic acids is 1. The molecule has 0 rings (SSSR count). The Labute approximate surface area is 206 Å². The fourth-order valence-electron chi connectivity index (χ4n) is 2.76. The third kappa shape index (κ3) is 25.4. The molecule has 34 heavy (non-hydrogen) atoms. The number of nitrogens with two attached hydrogens (primary N) is 1. The van der Waals surface area contributed by atoms with E-state index in [0.717, 1.165) is 38.5 Å². The van der Waals surface area contributed by atoms with Crippen LogP contribution in [0.25, 0.3) is 0 Å². The van der Waals surface area contributed by atoms with E-state index in [-0.39, 0.29) is 13.0 Å². The smallest absolute Gasteiger partial charge is 0.472 e. The van der Waals surface area contributed by atoms with E-state index in [9.17, 15) is 19.0 Å². The summed E-state index contributed by atoms with van der Waals surface area (Å²) in [6.45, 7) is 8.71. The van der Waals surface area contributed by atoms with E-state index in [2.05, 4.69) is 25.0 Å². The fourth-order valence-corrected chi connectivity index (χ4v) is 3.68. The molecule has 0 aromatic heterocycles.